The van der Waals surface area contributed by atoms with Gasteiger partial charge in [-0.1, -0.05) is 49.8 Å². The summed E-state index contributed by atoms with van der Waals surface area (Å²) in [7, 11) is 0. The zero-order valence-corrected chi connectivity index (χ0v) is 16.1. The number of unbranched alkanes of at least 4 members (excludes halogenated alkanes) is 1. The zero-order valence-electron chi connectivity index (χ0n) is 15.2. The molecule has 1 N–H and O–H groups in total. The molecule has 0 fully saturated rings. The lowest BCUT2D eigenvalue weighted by atomic mass is 10.1. The summed E-state index contributed by atoms with van der Waals surface area (Å²) in [5.74, 6) is 0.515. The van der Waals surface area contributed by atoms with Crippen LogP contribution in [0.4, 0.5) is 5.13 Å². The fourth-order valence-electron chi connectivity index (χ4n) is 2.72. The van der Waals surface area contributed by atoms with Gasteiger partial charge in [0.1, 0.15) is 5.75 Å². The Morgan fingerprint density at radius 2 is 2.04 bits per heavy atom. The first kappa shape index (κ1) is 18.4. The molecule has 26 heavy (non-hydrogen) atoms. The lowest BCUT2D eigenvalue weighted by Crippen LogP contribution is -2.20. The number of fused-ring (bicyclic) bond motifs is 1. The maximum atomic E-state index is 12.2. The molecule has 0 atom stereocenters. The maximum Gasteiger partial charge on any atom is 0.264 e. The van der Waals surface area contributed by atoms with E-state index < -0.39 is 0 Å². The second kappa shape index (κ2) is 8.81. The Kier molecular flexibility index (Phi) is 6.23. The molecule has 1 amide bonds. The van der Waals surface area contributed by atoms with Gasteiger partial charge in [-0.3, -0.25) is 10.1 Å². The highest BCUT2D eigenvalue weighted by Crippen LogP contribution is 2.27. The molecule has 0 bridgehead atoms. The summed E-state index contributed by atoms with van der Waals surface area (Å²) >= 11 is 1.50. The van der Waals surface area contributed by atoms with E-state index in [4.69, 9.17) is 4.74 Å². The van der Waals surface area contributed by atoms with Crippen LogP contribution in [0.3, 0.4) is 0 Å². The minimum atomic E-state index is -0.197. The summed E-state index contributed by atoms with van der Waals surface area (Å²) in [5, 5.41) is 3.45. The molecule has 3 rings (SSSR count). The van der Waals surface area contributed by atoms with E-state index >= 15 is 0 Å². The molecule has 0 spiro atoms. The summed E-state index contributed by atoms with van der Waals surface area (Å²) in [6.07, 6.45) is 4.39. The predicted octanol–water partition coefficient (Wildman–Crippen LogP) is 5.22. The van der Waals surface area contributed by atoms with E-state index in [9.17, 15) is 4.79 Å². The van der Waals surface area contributed by atoms with Gasteiger partial charge >= 0.3 is 0 Å². The molecule has 0 saturated heterocycles. The Hall–Kier alpha value is -2.40. The van der Waals surface area contributed by atoms with Gasteiger partial charge in [-0.2, -0.15) is 0 Å². The number of hydrogen-bond donors (Lipinski definition) is 1. The van der Waals surface area contributed by atoms with Gasteiger partial charge in [-0.05, 0) is 54.7 Å². The van der Waals surface area contributed by atoms with Gasteiger partial charge in [0, 0.05) is 0 Å². The average Bonchev–Trinajstić information content (AvgIpc) is 3.06. The highest BCUT2D eigenvalue weighted by molar-refractivity contribution is 7.22. The summed E-state index contributed by atoms with van der Waals surface area (Å²) in [6, 6.07) is 14.1. The number of carbonyl (C=O) groups excluding carboxylic acids is 1. The summed E-state index contributed by atoms with van der Waals surface area (Å²) in [5.41, 5.74) is 3.43. The van der Waals surface area contributed by atoms with Crippen molar-refractivity contribution in [3.05, 3.63) is 53.6 Å². The molecule has 0 aliphatic heterocycles. The van der Waals surface area contributed by atoms with Crippen LogP contribution in [0.15, 0.2) is 42.5 Å². The number of nitrogens with one attached hydrogen (secondary N) is 1. The van der Waals surface area contributed by atoms with E-state index in [-0.39, 0.29) is 12.5 Å². The van der Waals surface area contributed by atoms with Crippen molar-refractivity contribution in [3.8, 4) is 5.75 Å². The van der Waals surface area contributed by atoms with Gasteiger partial charge in [0.2, 0.25) is 0 Å². The highest BCUT2D eigenvalue weighted by Gasteiger charge is 2.09. The molecule has 5 heteroatoms. The third kappa shape index (κ3) is 4.82. The van der Waals surface area contributed by atoms with Crippen LogP contribution < -0.4 is 10.1 Å². The number of nitrogens with zero attached hydrogens (tertiary/aromatic N) is 1. The molecule has 136 valence electrons. The summed E-state index contributed by atoms with van der Waals surface area (Å²) in [4.78, 5) is 16.6. The quantitative estimate of drug-likeness (QED) is 0.593. The molecule has 1 heterocycles. The Labute approximate surface area is 158 Å². The van der Waals surface area contributed by atoms with Crippen LogP contribution in [0.1, 0.15) is 37.8 Å². The van der Waals surface area contributed by atoms with Gasteiger partial charge in [-0.15, -0.1) is 0 Å². The standard InChI is InChI=1S/C21H24N2O2S/c1-3-5-7-16-10-11-18-19(13-16)26-21(22-18)23-20(24)14-25-17-9-6-8-15(4-2)12-17/h6,8-13H,3-5,7,14H2,1-2H3,(H,22,23,24). The first-order chi connectivity index (χ1) is 12.7. The minimum Gasteiger partial charge on any atom is -0.484 e. The van der Waals surface area contributed by atoms with E-state index in [0.29, 0.717) is 10.9 Å². The number of aryl methyl sites for hydroxylation is 2. The van der Waals surface area contributed by atoms with E-state index in [1.54, 1.807) is 0 Å². The second-order valence-corrected chi connectivity index (χ2v) is 7.29. The molecule has 1 aromatic heterocycles. The molecule has 4 nitrogen and oxygen atoms in total. The zero-order chi connectivity index (χ0) is 18.4. The topological polar surface area (TPSA) is 51.2 Å². The van der Waals surface area contributed by atoms with Gasteiger partial charge in [-0.25, -0.2) is 4.98 Å². The van der Waals surface area contributed by atoms with E-state index in [0.717, 1.165) is 23.1 Å². The van der Waals surface area contributed by atoms with E-state index in [2.05, 4.69) is 36.3 Å². The number of hydrogen-bond acceptors (Lipinski definition) is 4. The Morgan fingerprint density at radius 3 is 2.85 bits per heavy atom. The molecular formula is C21H24N2O2S. The van der Waals surface area contributed by atoms with E-state index in [1.165, 1.54) is 35.3 Å². The number of ether oxygens (including phenoxy) is 1. The fraction of sp³-hybridized carbons (Fsp3) is 0.333. The Balaban J connectivity index is 1.59. The van der Waals surface area contributed by atoms with E-state index in [1.807, 2.05) is 30.3 Å². The van der Waals surface area contributed by atoms with Crippen LogP contribution in [0.2, 0.25) is 0 Å². The van der Waals surface area contributed by atoms with Crippen LogP contribution in [0, 0.1) is 0 Å². The van der Waals surface area contributed by atoms with Crippen LogP contribution in [-0.4, -0.2) is 17.5 Å². The highest BCUT2D eigenvalue weighted by atomic mass is 32.1. The smallest absolute Gasteiger partial charge is 0.264 e. The first-order valence-electron chi connectivity index (χ1n) is 9.09. The molecule has 0 aliphatic carbocycles. The van der Waals surface area contributed by atoms with Crippen molar-refractivity contribution in [2.24, 2.45) is 0 Å². The lowest BCUT2D eigenvalue weighted by molar-refractivity contribution is -0.118. The first-order valence-corrected chi connectivity index (χ1v) is 9.90. The third-order valence-corrected chi connectivity index (χ3v) is 5.13. The summed E-state index contributed by atoms with van der Waals surface area (Å²) < 4.78 is 6.69. The van der Waals surface area contributed by atoms with Crippen molar-refractivity contribution in [2.45, 2.75) is 39.5 Å². The van der Waals surface area contributed by atoms with Gasteiger partial charge in [0.05, 0.1) is 10.2 Å². The fourth-order valence-corrected chi connectivity index (χ4v) is 3.66. The number of amides is 1. The van der Waals surface area contributed by atoms with Crippen molar-refractivity contribution in [3.63, 3.8) is 0 Å². The molecule has 3 aromatic rings. The van der Waals surface area contributed by atoms with Crippen molar-refractivity contribution in [1.82, 2.24) is 4.98 Å². The largest absolute Gasteiger partial charge is 0.484 e. The van der Waals surface area contributed by atoms with Crippen LogP contribution in [0.25, 0.3) is 10.2 Å². The molecular weight excluding hydrogens is 344 g/mol. The van der Waals surface area contributed by atoms with Crippen LogP contribution in [0.5, 0.6) is 5.75 Å². The van der Waals surface area contributed by atoms with Gasteiger partial charge in [0.15, 0.2) is 11.7 Å². The SMILES string of the molecule is CCCCc1ccc2nc(NC(=O)COc3cccc(CC)c3)sc2c1. The number of thiazole rings is 1. The van der Waals surface area contributed by atoms with Crippen molar-refractivity contribution in [2.75, 3.05) is 11.9 Å². The number of carbonyl (C=O) groups is 1. The van der Waals surface area contributed by atoms with Gasteiger partial charge < -0.3 is 4.74 Å². The monoisotopic (exact) mass is 368 g/mol. The maximum absolute atomic E-state index is 12.2. The number of anilines is 1. The number of benzene rings is 2. The molecule has 0 saturated carbocycles. The van der Waals surface area contributed by atoms with Crippen LogP contribution >= 0.6 is 11.3 Å². The normalized spacial score (nSPS) is 10.8. The molecule has 0 unspecified atom stereocenters. The Bertz CT molecular complexity index is 889. The van der Waals surface area contributed by atoms with Crippen molar-refractivity contribution in [1.29, 1.82) is 0 Å². The molecule has 0 radical (unpaired) electrons. The van der Waals surface area contributed by atoms with Crippen molar-refractivity contribution >= 4 is 32.6 Å². The second-order valence-electron chi connectivity index (χ2n) is 6.26. The van der Waals surface area contributed by atoms with Crippen LogP contribution in [-0.2, 0) is 17.6 Å². The van der Waals surface area contributed by atoms with Crippen molar-refractivity contribution < 1.29 is 9.53 Å². The number of rotatable bonds is 8. The Morgan fingerprint density at radius 1 is 1.15 bits per heavy atom. The predicted molar refractivity (Wildman–Crippen MR) is 108 cm³/mol. The minimum absolute atomic E-state index is 0.0230. The van der Waals surface area contributed by atoms with Gasteiger partial charge in [0.25, 0.3) is 5.91 Å². The summed E-state index contributed by atoms with van der Waals surface area (Å²) in [6.45, 7) is 4.26. The average molecular weight is 369 g/mol. The number of aromatic nitrogens is 1. The molecule has 2 aromatic carbocycles. The lowest BCUT2D eigenvalue weighted by Gasteiger charge is -2.06. The molecule has 0 aliphatic rings. The third-order valence-electron chi connectivity index (χ3n) is 4.19.